The largest absolute Gasteiger partial charge is 0.507 e. The zero-order valence-corrected chi connectivity index (χ0v) is 20.8. The van der Waals surface area contributed by atoms with Crippen LogP contribution in [0.2, 0.25) is 5.02 Å². The third-order valence-corrected chi connectivity index (χ3v) is 6.50. The van der Waals surface area contributed by atoms with Gasteiger partial charge in [-0.25, -0.2) is 0 Å². The van der Waals surface area contributed by atoms with Crippen LogP contribution in [-0.4, -0.2) is 21.7 Å². The Bertz CT molecular complexity index is 1460. The molecule has 3 aromatic carbocycles. The maximum Gasteiger partial charge on any atom is 0.296 e. The first-order valence-electron chi connectivity index (χ1n) is 11.8. The van der Waals surface area contributed by atoms with Crippen LogP contribution in [0.15, 0.2) is 101 Å². The maximum atomic E-state index is 13.2. The van der Waals surface area contributed by atoms with E-state index in [0.29, 0.717) is 34.3 Å². The summed E-state index contributed by atoms with van der Waals surface area (Å²) in [6, 6.07) is 24.3. The quantitative estimate of drug-likeness (QED) is 0.175. The Balaban J connectivity index is 1.46. The number of aliphatic hydroxyl groups is 1. The highest BCUT2D eigenvalue weighted by Gasteiger charge is 2.46. The fourth-order valence-corrected chi connectivity index (χ4v) is 4.56. The van der Waals surface area contributed by atoms with E-state index in [4.69, 9.17) is 20.8 Å². The minimum Gasteiger partial charge on any atom is -0.507 e. The van der Waals surface area contributed by atoms with Gasteiger partial charge < -0.3 is 19.2 Å². The maximum absolute atomic E-state index is 13.2. The zero-order chi connectivity index (χ0) is 25.9. The molecule has 0 unspecified atom stereocenters. The van der Waals surface area contributed by atoms with E-state index in [1.54, 1.807) is 60.7 Å². The predicted molar refractivity (Wildman–Crippen MR) is 140 cm³/mol. The number of benzene rings is 3. The van der Waals surface area contributed by atoms with Crippen molar-refractivity contribution < 1.29 is 23.8 Å². The summed E-state index contributed by atoms with van der Waals surface area (Å²) in [6.07, 6.45) is 1.51. The highest BCUT2D eigenvalue weighted by atomic mass is 35.5. The number of hydrogen-bond acceptors (Lipinski definition) is 5. The number of carbonyl (C=O) groups excluding carboxylic acids is 2. The molecule has 1 atom stereocenters. The second kappa shape index (κ2) is 10.4. The Morgan fingerprint density at radius 2 is 1.76 bits per heavy atom. The summed E-state index contributed by atoms with van der Waals surface area (Å²) in [5, 5.41) is 11.8. The van der Waals surface area contributed by atoms with Crippen LogP contribution in [-0.2, 0) is 22.7 Å². The van der Waals surface area contributed by atoms with Crippen molar-refractivity contribution in [3.63, 3.8) is 0 Å². The second-order valence-corrected chi connectivity index (χ2v) is 9.30. The summed E-state index contributed by atoms with van der Waals surface area (Å²) < 4.78 is 11.3. The summed E-state index contributed by atoms with van der Waals surface area (Å²) in [4.78, 5) is 27.6. The van der Waals surface area contributed by atoms with Gasteiger partial charge in [0.2, 0.25) is 0 Å². The van der Waals surface area contributed by atoms with Crippen molar-refractivity contribution in [1.29, 1.82) is 0 Å². The molecule has 6 nitrogen and oxygen atoms in total. The normalized spacial score (nSPS) is 16.8. The molecule has 0 radical (unpaired) electrons. The van der Waals surface area contributed by atoms with Crippen LogP contribution >= 0.6 is 11.6 Å². The van der Waals surface area contributed by atoms with Gasteiger partial charge in [0, 0.05) is 10.6 Å². The molecule has 37 heavy (non-hydrogen) atoms. The first kappa shape index (κ1) is 24.4. The monoisotopic (exact) mass is 513 g/mol. The van der Waals surface area contributed by atoms with E-state index in [2.05, 4.69) is 6.07 Å². The number of likely N-dealkylation sites (tertiary alicyclic amines) is 1. The molecule has 0 aliphatic carbocycles. The lowest BCUT2D eigenvalue weighted by Crippen LogP contribution is -2.29. The number of furan rings is 1. The molecular weight excluding hydrogens is 490 g/mol. The Kier molecular flexibility index (Phi) is 6.84. The average Bonchev–Trinajstić information content (AvgIpc) is 3.50. The van der Waals surface area contributed by atoms with Crippen LogP contribution in [0.5, 0.6) is 5.75 Å². The Labute approximate surface area is 219 Å². The molecular formula is C30H24ClNO5. The summed E-state index contributed by atoms with van der Waals surface area (Å²) in [5.74, 6) is -0.591. The van der Waals surface area contributed by atoms with E-state index >= 15 is 0 Å². The smallest absolute Gasteiger partial charge is 0.296 e. The van der Waals surface area contributed by atoms with Crippen LogP contribution < -0.4 is 4.74 Å². The topological polar surface area (TPSA) is 80.0 Å². The molecule has 1 aliphatic heterocycles. The van der Waals surface area contributed by atoms with Gasteiger partial charge >= 0.3 is 0 Å². The zero-order valence-electron chi connectivity index (χ0n) is 20.1. The van der Waals surface area contributed by atoms with Gasteiger partial charge in [0.1, 0.15) is 23.9 Å². The molecule has 1 saturated heterocycles. The summed E-state index contributed by atoms with van der Waals surface area (Å²) in [5.41, 5.74) is 3.26. The number of carbonyl (C=O) groups is 2. The average molecular weight is 514 g/mol. The van der Waals surface area contributed by atoms with Crippen molar-refractivity contribution in [2.45, 2.75) is 26.1 Å². The standard InChI is InChI=1S/C30H24ClNO5/c1-19-4-2-5-20(16-19)18-37-24-13-9-22(10-14-24)28(33)26-27(21-7-11-23(31)12-8-21)32(30(35)29(26)34)17-25-6-3-15-36-25/h2-16,27,33H,17-18H2,1H3/b28-26+/t27-/m0/s1. The third kappa shape index (κ3) is 5.15. The Morgan fingerprint density at radius 3 is 2.43 bits per heavy atom. The number of Topliss-reactive ketones (excluding diaryl/α,β-unsaturated/α-hetero) is 1. The van der Waals surface area contributed by atoms with Crippen molar-refractivity contribution in [2.24, 2.45) is 0 Å². The molecule has 0 bridgehead atoms. The van der Waals surface area contributed by atoms with E-state index < -0.39 is 17.7 Å². The molecule has 1 aliphatic rings. The molecule has 186 valence electrons. The van der Waals surface area contributed by atoms with Crippen molar-refractivity contribution in [2.75, 3.05) is 0 Å². The van der Waals surface area contributed by atoms with Gasteiger partial charge in [-0.1, -0.05) is 53.6 Å². The van der Waals surface area contributed by atoms with E-state index in [-0.39, 0.29) is 17.9 Å². The number of halogens is 1. The minimum absolute atomic E-state index is 0.00677. The fraction of sp³-hybridized carbons (Fsp3) is 0.133. The SMILES string of the molecule is Cc1cccc(COc2ccc(/C(O)=C3\C(=O)C(=O)N(Cc4ccco4)[C@H]3c3ccc(Cl)cc3)cc2)c1. The number of hydrogen-bond donors (Lipinski definition) is 1. The first-order chi connectivity index (χ1) is 17.9. The van der Waals surface area contributed by atoms with Gasteiger partial charge in [0.15, 0.2) is 0 Å². The molecule has 1 amide bonds. The number of aryl methyl sites for hydroxylation is 1. The molecule has 1 aromatic heterocycles. The molecule has 1 fully saturated rings. The lowest BCUT2D eigenvalue weighted by molar-refractivity contribution is -0.140. The van der Waals surface area contributed by atoms with E-state index in [9.17, 15) is 14.7 Å². The molecule has 0 saturated carbocycles. The minimum atomic E-state index is -0.806. The third-order valence-electron chi connectivity index (χ3n) is 6.25. The van der Waals surface area contributed by atoms with Crippen molar-refractivity contribution in [3.05, 3.63) is 130 Å². The number of ether oxygens (including phenoxy) is 1. The summed E-state index contributed by atoms with van der Waals surface area (Å²) >= 11 is 6.07. The predicted octanol–water partition coefficient (Wildman–Crippen LogP) is 6.44. The van der Waals surface area contributed by atoms with Crippen LogP contribution in [0.25, 0.3) is 5.76 Å². The van der Waals surface area contributed by atoms with Gasteiger partial charge in [0.05, 0.1) is 24.4 Å². The summed E-state index contributed by atoms with van der Waals surface area (Å²) in [7, 11) is 0. The van der Waals surface area contributed by atoms with Crippen LogP contribution in [0.4, 0.5) is 0 Å². The second-order valence-electron chi connectivity index (χ2n) is 8.86. The van der Waals surface area contributed by atoms with Crippen LogP contribution in [0.3, 0.4) is 0 Å². The molecule has 2 heterocycles. The van der Waals surface area contributed by atoms with Gasteiger partial charge in [0.25, 0.3) is 11.7 Å². The number of rotatable bonds is 7. The lowest BCUT2D eigenvalue weighted by Gasteiger charge is -2.24. The number of nitrogens with zero attached hydrogens (tertiary/aromatic N) is 1. The molecule has 4 aromatic rings. The van der Waals surface area contributed by atoms with Gasteiger partial charge in [-0.15, -0.1) is 0 Å². The van der Waals surface area contributed by atoms with Crippen molar-refractivity contribution in [1.82, 2.24) is 4.90 Å². The van der Waals surface area contributed by atoms with Gasteiger partial charge in [-0.3, -0.25) is 9.59 Å². The van der Waals surface area contributed by atoms with E-state index in [1.165, 1.54) is 11.2 Å². The van der Waals surface area contributed by atoms with E-state index in [0.717, 1.165) is 11.1 Å². The van der Waals surface area contributed by atoms with E-state index in [1.807, 2.05) is 25.1 Å². The number of amides is 1. The van der Waals surface area contributed by atoms with Crippen LogP contribution in [0, 0.1) is 6.92 Å². The van der Waals surface area contributed by atoms with Crippen LogP contribution in [0.1, 0.15) is 34.1 Å². The molecule has 7 heteroatoms. The van der Waals surface area contributed by atoms with Gasteiger partial charge in [-0.05, 0) is 66.6 Å². The Hall–Kier alpha value is -4.29. The van der Waals surface area contributed by atoms with Crippen molar-refractivity contribution in [3.8, 4) is 5.75 Å². The first-order valence-corrected chi connectivity index (χ1v) is 12.1. The van der Waals surface area contributed by atoms with Crippen molar-refractivity contribution >= 4 is 29.1 Å². The molecule has 0 spiro atoms. The highest BCUT2D eigenvalue weighted by molar-refractivity contribution is 6.46. The number of aliphatic hydroxyl groups excluding tert-OH is 1. The summed E-state index contributed by atoms with van der Waals surface area (Å²) in [6.45, 7) is 2.51. The number of ketones is 1. The Morgan fingerprint density at radius 1 is 1.00 bits per heavy atom. The highest BCUT2D eigenvalue weighted by Crippen LogP contribution is 2.40. The van der Waals surface area contributed by atoms with Gasteiger partial charge in [-0.2, -0.15) is 0 Å². The molecule has 5 rings (SSSR count). The fourth-order valence-electron chi connectivity index (χ4n) is 4.44. The lowest BCUT2D eigenvalue weighted by atomic mass is 9.95. The molecule has 1 N–H and O–H groups in total.